The van der Waals surface area contributed by atoms with Crippen LogP contribution in [0.4, 0.5) is 0 Å². The van der Waals surface area contributed by atoms with Gasteiger partial charge in [0.2, 0.25) is 0 Å². The van der Waals surface area contributed by atoms with Gasteiger partial charge in [-0.1, -0.05) is 49.4 Å². The van der Waals surface area contributed by atoms with Gasteiger partial charge >= 0.3 is 0 Å². The van der Waals surface area contributed by atoms with E-state index in [9.17, 15) is 13.5 Å². The number of hydrogen-bond acceptors (Lipinski definition) is 4. The SMILES string of the molecule is CCc1ccc(C2C(S(=O)(=O)c3ccccc3)C2(CN)CO)cc1. The van der Waals surface area contributed by atoms with Gasteiger partial charge in [-0.15, -0.1) is 0 Å². The number of sulfone groups is 1. The average Bonchev–Trinajstić information content (AvgIpc) is 3.33. The number of benzene rings is 2. The molecule has 24 heavy (non-hydrogen) atoms. The summed E-state index contributed by atoms with van der Waals surface area (Å²) >= 11 is 0. The fourth-order valence-electron chi connectivity index (χ4n) is 3.66. The van der Waals surface area contributed by atoms with E-state index in [1.807, 2.05) is 24.3 Å². The van der Waals surface area contributed by atoms with Gasteiger partial charge in [0, 0.05) is 17.9 Å². The van der Waals surface area contributed by atoms with Crippen LogP contribution in [-0.2, 0) is 16.3 Å². The van der Waals surface area contributed by atoms with Gasteiger partial charge in [-0.2, -0.15) is 0 Å². The van der Waals surface area contributed by atoms with Crippen molar-refractivity contribution in [1.82, 2.24) is 0 Å². The van der Waals surface area contributed by atoms with Crippen molar-refractivity contribution in [3.8, 4) is 0 Å². The van der Waals surface area contributed by atoms with Gasteiger partial charge in [0.15, 0.2) is 9.84 Å². The van der Waals surface area contributed by atoms with E-state index in [1.165, 1.54) is 5.56 Å². The number of aryl methyl sites for hydroxylation is 1. The van der Waals surface area contributed by atoms with Crippen LogP contribution in [0.3, 0.4) is 0 Å². The summed E-state index contributed by atoms with van der Waals surface area (Å²) < 4.78 is 26.1. The molecule has 2 aromatic carbocycles. The summed E-state index contributed by atoms with van der Waals surface area (Å²) in [6.45, 7) is 1.98. The van der Waals surface area contributed by atoms with Crippen LogP contribution in [0.15, 0.2) is 59.5 Å². The summed E-state index contributed by atoms with van der Waals surface area (Å²) in [5.41, 5.74) is 7.23. The lowest BCUT2D eigenvalue weighted by atomic mass is 9.99. The van der Waals surface area contributed by atoms with Crippen LogP contribution >= 0.6 is 0 Å². The Hall–Kier alpha value is -1.69. The molecule has 4 nitrogen and oxygen atoms in total. The first-order valence-corrected chi connectivity index (χ1v) is 9.74. The number of rotatable bonds is 6. The largest absolute Gasteiger partial charge is 0.396 e. The fourth-order valence-corrected chi connectivity index (χ4v) is 6.13. The third-order valence-electron chi connectivity index (χ3n) is 5.21. The molecule has 1 aliphatic rings. The molecule has 0 aromatic heterocycles. The van der Waals surface area contributed by atoms with Gasteiger partial charge in [0.05, 0.1) is 16.8 Å². The molecule has 3 atom stereocenters. The number of aliphatic hydroxyl groups excluding tert-OH is 1. The molecule has 0 saturated heterocycles. The maximum Gasteiger partial charge on any atom is 0.182 e. The predicted molar refractivity (Wildman–Crippen MR) is 94.6 cm³/mol. The van der Waals surface area contributed by atoms with E-state index in [0.717, 1.165) is 12.0 Å². The highest BCUT2D eigenvalue weighted by Gasteiger charge is 2.70. The van der Waals surface area contributed by atoms with Crippen LogP contribution in [0.1, 0.15) is 24.0 Å². The average molecular weight is 345 g/mol. The molecule has 3 N–H and O–H groups in total. The molecule has 1 aliphatic carbocycles. The van der Waals surface area contributed by atoms with Crippen molar-refractivity contribution < 1.29 is 13.5 Å². The van der Waals surface area contributed by atoms with E-state index in [4.69, 9.17) is 5.73 Å². The smallest absolute Gasteiger partial charge is 0.182 e. The van der Waals surface area contributed by atoms with E-state index < -0.39 is 20.5 Å². The molecule has 128 valence electrons. The predicted octanol–water partition coefficient (Wildman–Crippen LogP) is 2.13. The zero-order valence-corrected chi connectivity index (χ0v) is 14.5. The van der Waals surface area contributed by atoms with Crippen molar-refractivity contribution in [2.24, 2.45) is 11.1 Å². The first kappa shape index (κ1) is 17.1. The molecule has 1 fully saturated rings. The second kappa shape index (κ2) is 6.31. The normalized spacial score (nSPS) is 26.3. The number of aliphatic hydroxyl groups is 1. The zero-order chi connectivity index (χ0) is 17.4. The Labute approximate surface area is 143 Å². The topological polar surface area (TPSA) is 80.4 Å². The molecule has 3 unspecified atom stereocenters. The molecule has 1 saturated carbocycles. The minimum absolute atomic E-state index is 0.139. The first-order valence-electron chi connectivity index (χ1n) is 8.20. The van der Waals surface area contributed by atoms with Gasteiger partial charge in [-0.3, -0.25) is 0 Å². The third kappa shape index (κ3) is 2.57. The summed E-state index contributed by atoms with van der Waals surface area (Å²) in [7, 11) is -3.55. The van der Waals surface area contributed by atoms with Crippen molar-refractivity contribution >= 4 is 9.84 Å². The summed E-state index contributed by atoms with van der Waals surface area (Å²) in [6, 6.07) is 16.4. The summed E-state index contributed by atoms with van der Waals surface area (Å²) in [5.74, 6) is -0.274. The van der Waals surface area contributed by atoms with Gasteiger partial charge in [-0.05, 0) is 29.7 Å². The molecule has 0 radical (unpaired) electrons. The van der Waals surface area contributed by atoms with Crippen molar-refractivity contribution in [3.05, 3.63) is 65.7 Å². The van der Waals surface area contributed by atoms with Crippen LogP contribution < -0.4 is 5.73 Å². The van der Waals surface area contributed by atoms with Crippen LogP contribution in [-0.4, -0.2) is 31.9 Å². The minimum Gasteiger partial charge on any atom is -0.396 e. The van der Waals surface area contributed by atoms with Crippen molar-refractivity contribution in [2.45, 2.75) is 29.4 Å². The minimum atomic E-state index is -3.55. The second-order valence-electron chi connectivity index (χ2n) is 6.45. The Morgan fingerprint density at radius 3 is 2.21 bits per heavy atom. The highest BCUT2D eigenvalue weighted by molar-refractivity contribution is 7.92. The molecule has 0 amide bonds. The molecule has 2 aromatic rings. The molecule has 0 bridgehead atoms. The number of nitrogens with two attached hydrogens (primary N) is 1. The van der Waals surface area contributed by atoms with Gasteiger partial charge < -0.3 is 10.8 Å². The van der Waals surface area contributed by atoms with E-state index in [1.54, 1.807) is 30.3 Å². The van der Waals surface area contributed by atoms with Crippen LogP contribution in [0.5, 0.6) is 0 Å². The Morgan fingerprint density at radius 2 is 1.71 bits per heavy atom. The van der Waals surface area contributed by atoms with E-state index >= 15 is 0 Å². The van der Waals surface area contributed by atoms with Crippen LogP contribution in [0, 0.1) is 5.41 Å². The summed E-state index contributed by atoms with van der Waals surface area (Å²) in [5, 5.41) is 9.24. The third-order valence-corrected chi connectivity index (χ3v) is 7.55. The maximum absolute atomic E-state index is 13.1. The number of hydrogen-bond donors (Lipinski definition) is 2. The Bertz CT molecular complexity index is 796. The molecule has 0 spiro atoms. The van der Waals surface area contributed by atoms with Crippen molar-refractivity contribution in [2.75, 3.05) is 13.2 Å². The Balaban J connectivity index is 2.02. The lowest BCUT2D eigenvalue weighted by Gasteiger charge is -2.12. The van der Waals surface area contributed by atoms with E-state index in [0.29, 0.717) is 0 Å². The Kier molecular flexibility index (Phi) is 4.51. The highest BCUT2D eigenvalue weighted by Crippen LogP contribution is 2.63. The summed E-state index contributed by atoms with van der Waals surface area (Å²) in [4.78, 5) is 0.286. The quantitative estimate of drug-likeness (QED) is 0.840. The molecule has 0 heterocycles. The zero-order valence-electron chi connectivity index (χ0n) is 13.7. The van der Waals surface area contributed by atoms with Crippen LogP contribution in [0.2, 0.25) is 0 Å². The van der Waals surface area contributed by atoms with Crippen LogP contribution in [0.25, 0.3) is 0 Å². The van der Waals surface area contributed by atoms with Gasteiger partial charge in [0.25, 0.3) is 0 Å². The molecule has 3 rings (SSSR count). The summed E-state index contributed by atoms with van der Waals surface area (Å²) in [6.07, 6.45) is 0.929. The highest BCUT2D eigenvalue weighted by atomic mass is 32.2. The van der Waals surface area contributed by atoms with E-state index in [-0.39, 0.29) is 24.0 Å². The monoisotopic (exact) mass is 345 g/mol. The van der Waals surface area contributed by atoms with Crippen molar-refractivity contribution in [1.29, 1.82) is 0 Å². The Morgan fingerprint density at radius 1 is 1.08 bits per heavy atom. The van der Waals surface area contributed by atoms with Gasteiger partial charge in [-0.25, -0.2) is 8.42 Å². The maximum atomic E-state index is 13.1. The van der Waals surface area contributed by atoms with Gasteiger partial charge in [0.1, 0.15) is 0 Å². The first-order chi connectivity index (χ1) is 11.5. The van der Waals surface area contributed by atoms with E-state index in [2.05, 4.69) is 6.92 Å². The molecular weight excluding hydrogens is 322 g/mol. The fraction of sp³-hybridized carbons (Fsp3) is 0.368. The molecular formula is C19H23NO3S. The molecule has 5 heteroatoms. The standard InChI is InChI=1S/C19H23NO3S/c1-2-14-8-10-15(11-9-14)17-18(19(17,12-20)13-21)24(22,23)16-6-4-3-5-7-16/h3-11,17-18,21H,2,12-13,20H2,1H3. The lowest BCUT2D eigenvalue weighted by Crippen LogP contribution is -2.27. The second-order valence-corrected chi connectivity index (χ2v) is 8.52. The van der Waals surface area contributed by atoms with Crippen molar-refractivity contribution in [3.63, 3.8) is 0 Å². The molecule has 0 aliphatic heterocycles. The lowest BCUT2D eigenvalue weighted by molar-refractivity contribution is 0.212.